The van der Waals surface area contributed by atoms with Crippen LogP contribution in [0.4, 0.5) is 5.69 Å². The molecule has 0 bridgehead atoms. The summed E-state index contributed by atoms with van der Waals surface area (Å²) >= 11 is 0. The molecular weight excluding hydrogens is 432 g/mol. The molecule has 0 radical (unpaired) electrons. The van der Waals surface area contributed by atoms with Gasteiger partial charge in [-0.15, -0.1) is 0 Å². The number of fused-ring (bicyclic) bond motifs is 1. The number of aromatic amines is 1. The van der Waals surface area contributed by atoms with Crippen LogP contribution >= 0.6 is 0 Å². The van der Waals surface area contributed by atoms with Gasteiger partial charge in [-0.05, 0) is 30.3 Å². The maximum atomic E-state index is 9.74. The molecule has 0 unspecified atom stereocenters. The third-order valence-corrected chi connectivity index (χ3v) is 5.70. The van der Waals surface area contributed by atoms with Crippen LogP contribution < -0.4 is 10.1 Å². The fourth-order valence-electron chi connectivity index (χ4n) is 4.00. The Hall–Kier alpha value is -4.00. The first-order valence-corrected chi connectivity index (χ1v) is 11.2. The Morgan fingerprint density at radius 3 is 2.85 bits per heavy atom. The van der Waals surface area contributed by atoms with Gasteiger partial charge in [0.05, 0.1) is 31.1 Å². The predicted molar refractivity (Wildman–Crippen MR) is 127 cm³/mol. The molecule has 172 valence electrons. The highest BCUT2D eigenvalue weighted by Gasteiger charge is 2.19. The first kappa shape index (κ1) is 21.8. The standard InChI is InChI=1S/C25H24N6O3/c26-14-18-12-16(4-5-21(18)34-20-6-10-33-11-7-20)22-23-25(29-15-28-22)31-24(30-23)17-2-1-3-19(13-17)27-8-9-32/h1-5,12-13,15,20,27,32H,6-11H2,(H,28,29,30,31). The highest BCUT2D eigenvalue weighted by atomic mass is 16.5. The molecule has 0 atom stereocenters. The van der Waals surface area contributed by atoms with Gasteiger partial charge in [0.25, 0.3) is 0 Å². The van der Waals surface area contributed by atoms with Crippen LogP contribution in [-0.4, -0.2) is 57.5 Å². The molecule has 34 heavy (non-hydrogen) atoms. The number of imidazole rings is 1. The summed E-state index contributed by atoms with van der Waals surface area (Å²) in [5, 5.41) is 22.0. The molecule has 9 nitrogen and oxygen atoms in total. The number of nitrogens with one attached hydrogen (secondary N) is 2. The molecule has 0 spiro atoms. The van der Waals surface area contributed by atoms with E-state index in [0.29, 0.717) is 53.8 Å². The van der Waals surface area contributed by atoms with Crippen LogP contribution in [0.5, 0.6) is 5.75 Å². The zero-order valence-corrected chi connectivity index (χ0v) is 18.5. The molecule has 9 heteroatoms. The number of ether oxygens (including phenoxy) is 2. The van der Waals surface area contributed by atoms with E-state index in [1.807, 2.05) is 36.4 Å². The zero-order valence-electron chi connectivity index (χ0n) is 18.5. The van der Waals surface area contributed by atoms with E-state index >= 15 is 0 Å². The molecular formula is C25H24N6O3. The first-order chi connectivity index (χ1) is 16.7. The summed E-state index contributed by atoms with van der Waals surface area (Å²) in [6, 6.07) is 15.5. The monoisotopic (exact) mass is 456 g/mol. The number of hydrogen-bond acceptors (Lipinski definition) is 8. The largest absolute Gasteiger partial charge is 0.489 e. The van der Waals surface area contributed by atoms with Gasteiger partial charge in [0.1, 0.15) is 35.6 Å². The van der Waals surface area contributed by atoms with Crippen LogP contribution in [0.3, 0.4) is 0 Å². The number of aliphatic hydroxyl groups is 1. The summed E-state index contributed by atoms with van der Waals surface area (Å²) in [5.41, 5.74) is 4.88. The summed E-state index contributed by atoms with van der Waals surface area (Å²) < 4.78 is 11.5. The topological polar surface area (TPSA) is 129 Å². The van der Waals surface area contributed by atoms with Gasteiger partial charge in [0, 0.05) is 36.2 Å². The van der Waals surface area contributed by atoms with Crippen LogP contribution in [-0.2, 0) is 4.74 Å². The van der Waals surface area contributed by atoms with E-state index in [0.717, 1.165) is 29.7 Å². The van der Waals surface area contributed by atoms with Crippen molar-refractivity contribution in [2.24, 2.45) is 0 Å². The van der Waals surface area contributed by atoms with Crippen molar-refractivity contribution < 1.29 is 14.6 Å². The fraction of sp³-hybridized carbons (Fsp3) is 0.280. The Morgan fingerprint density at radius 1 is 1.15 bits per heavy atom. The second-order valence-corrected chi connectivity index (χ2v) is 7.99. The Balaban J connectivity index is 1.47. The summed E-state index contributed by atoms with van der Waals surface area (Å²) in [7, 11) is 0. The third kappa shape index (κ3) is 4.55. The van der Waals surface area contributed by atoms with Gasteiger partial charge in [-0.25, -0.2) is 15.0 Å². The molecule has 4 aromatic rings. The smallest absolute Gasteiger partial charge is 0.181 e. The lowest BCUT2D eigenvalue weighted by Crippen LogP contribution is -2.26. The SMILES string of the molecule is N#Cc1cc(-c2ncnc3nc(-c4cccc(NCCO)c4)[nH]c23)ccc1OC1CCOCC1. The zero-order chi connectivity index (χ0) is 23.3. The Bertz CT molecular complexity index is 1340. The number of anilines is 1. The Labute approximate surface area is 196 Å². The molecule has 1 aliphatic heterocycles. The first-order valence-electron chi connectivity index (χ1n) is 11.2. The molecule has 1 saturated heterocycles. The molecule has 3 heterocycles. The third-order valence-electron chi connectivity index (χ3n) is 5.70. The number of H-pyrrole nitrogens is 1. The summed E-state index contributed by atoms with van der Waals surface area (Å²) in [5.74, 6) is 1.23. The minimum atomic E-state index is 0.0512. The van der Waals surface area contributed by atoms with Crippen molar-refractivity contribution in [1.29, 1.82) is 5.26 Å². The molecule has 0 aliphatic carbocycles. The van der Waals surface area contributed by atoms with Gasteiger partial charge < -0.3 is 24.9 Å². The van der Waals surface area contributed by atoms with Crippen LogP contribution in [0, 0.1) is 11.3 Å². The van der Waals surface area contributed by atoms with Gasteiger partial charge >= 0.3 is 0 Å². The fourth-order valence-corrected chi connectivity index (χ4v) is 4.00. The average molecular weight is 457 g/mol. The maximum Gasteiger partial charge on any atom is 0.181 e. The van der Waals surface area contributed by atoms with E-state index in [9.17, 15) is 5.26 Å². The molecule has 2 aromatic heterocycles. The predicted octanol–water partition coefficient (Wildman–Crippen LogP) is 3.52. The van der Waals surface area contributed by atoms with Crippen molar-refractivity contribution in [2.45, 2.75) is 18.9 Å². The van der Waals surface area contributed by atoms with Crippen LogP contribution in [0.2, 0.25) is 0 Å². The second-order valence-electron chi connectivity index (χ2n) is 7.99. The van der Waals surface area contributed by atoms with E-state index in [-0.39, 0.29) is 12.7 Å². The van der Waals surface area contributed by atoms with Gasteiger partial charge in [0.2, 0.25) is 0 Å². The quantitative estimate of drug-likeness (QED) is 0.385. The Kier molecular flexibility index (Phi) is 6.33. The van der Waals surface area contributed by atoms with Crippen molar-refractivity contribution >= 4 is 16.9 Å². The lowest BCUT2D eigenvalue weighted by atomic mass is 10.1. The van der Waals surface area contributed by atoms with Crippen molar-refractivity contribution in [2.75, 3.05) is 31.7 Å². The molecule has 0 amide bonds. The molecule has 3 N–H and O–H groups in total. The highest BCUT2D eigenvalue weighted by molar-refractivity contribution is 5.89. The molecule has 5 rings (SSSR count). The molecule has 2 aromatic carbocycles. The minimum Gasteiger partial charge on any atom is -0.489 e. The van der Waals surface area contributed by atoms with Crippen molar-refractivity contribution in [3.63, 3.8) is 0 Å². The molecule has 1 fully saturated rings. The number of rotatable bonds is 7. The molecule has 0 saturated carbocycles. The van der Waals surface area contributed by atoms with E-state index in [1.165, 1.54) is 6.33 Å². The Morgan fingerprint density at radius 2 is 2.03 bits per heavy atom. The lowest BCUT2D eigenvalue weighted by molar-refractivity contribution is 0.0254. The van der Waals surface area contributed by atoms with Crippen LogP contribution in [0.15, 0.2) is 48.8 Å². The van der Waals surface area contributed by atoms with Gasteiger partial charge in [0.15, 0.2) is 5.65 Å². The summed E-state index contributed by atoms with van der Waals surface area (Å²) in [4.78, 5) is 16.8. The number of benzene rings is 2. The normalized spacial score (nSPS) is 14.1. The van der Waals surface area contributed by atoms with Gasteiger partial charge in [-0.3, -0.25) is 0 Å². The van der Waals surface area contributed by atoms with Crippen LogP contribution in [0.25, 0.3) is 33.8 Å². The van der Waals surface area contributed by atoms with E-state index in [1.54, 1.807) is 6.07 Å². The number of nitrogens with zero attached hydrogens (tertiary/aromatic N) is 4. The number of nitriles is 1. The van der Waals surface area contributed by atoms with E-state index in [2.05, 4.69) is 31.3 Å². The van der Waals surface area contributed by atoms with Crippen molar-refractivity contribution in [3.05, 3.63) is 54.4 Å². The second kappa shape index (κ2) is 9.87. The highest BCUT2D eigenvalue weighted by Crippen LogP contribution is 2.31. The summed E-state index contributed by atoms with van der Waals surface area (Å²) in [6.45, 7) is 1.87. The van der Waals surface area contributed by atoms with E-state index < -0.39 is 0 Å². The maximum absolute atomic E-state index is 9.74. The van der Waals surface area contributed by atoms with Crippen molar-refractivity contribution in [1.82, 2.24) is 19.9 Å². The van der Waals surface area contributed by atoms with E-state index in [4.69, 9.17) is 14.6 Å². The van der Waals surface area contributed by atoms with Crippen molar-refractivity contribution in [3.8, 4) is 34.5 Å². The number of aliphatic hydroxyl groups excluding tert-OH is 1. The minimum absolute atomic E-state index is 0.0512. The van der Waals surface area contributed by atoms with Gasteiger partial charge in [-0.1, -0.05) is 12.1 Å². The lowest BCUT2D eigenvalue weighted by Gasteiger charge is -2.23. The number of hydrogen-bond donors (Lipinski definition) is 3. The molecule has 1 aliphatic rings. The van der Waals surface area contributed by atoms with Crippen LogP contribution in [0.1, 0.15) is 18.4 Å². The van der Waals surface area contributed by atoms with Gasteiger partial charge in [-0.2, -0.15) is 5.26 Å². The summed E-state index contributed by atoms with van der Waals surface area (Å²) in [6.07, 6.45) is 3.15. The average Bonchev–Trinajstić information content (AvgIpc) is 3.33. The number of aromatic nitrogens is 4.